The van der Waals surface area contributed by atoms with Crippen LogP contribution in [-0.2, 0) is 5.41 Å². The predicted molar refractivity (Wildman–Crippen MR) is 192 cm³/mol. The molecule has 8 nitrogen and oxygen atoms in total. The van der Waals surface area contributed by atoms with Crippen LogP contribution < -0.4 is 0 Å². The maximum atomic E-state index is 10.3. The van der Waals surface area contributed by atoms with Crippen LogP contribution in [0.15, 0.2) is 97.1 Å². The zero-order chi connectivity index (χ0) is 34.7. The summed E-state index contributed by atoms with van der Waals surface area (Å²) in [4.78, 5) is 0. The SMILES string of the molecule is OC[N+](O)(CO)CCCCCCC1(CCCCCC[N+](O)(CO)CO)c2cc(-c3ccccc3)ccc2-c2ccc(-c3ccccc3)cc21. The molecule has 4 aromatic rings. The summed E-state index contributed by atoms with van der Waals surface area (Å²) >= 11 is 0. The van der Waals surface area contributed by atoms with Crippen molar-refractivity contribution < 1.29 is 40.1 Å². The topological polar surface area (TPSA) is 121 Å². The molecule has 5 rings (SSSR count). The lowest BCUT2D eigenvalue weighted by Crippen LogP contribution is -2.46. The minimum absolute atomic E-state index is 0.208. The van der Waals surface area contributed by atoms with Gasteiger partial charge in [-0.15, -0.1) is 9.29 Å². The van der Waals surface area contributed by atoms with Gasteiger partial charge >= 0.3 is 0 Å². The molecule has 1 aliphatic carbocycles. The van der Waals surface area contributed by atoms with Crippen LogP contribution in [0.2, 0.25) is 0 Å². The maximum absolute atomic E-state index is 10.3. The average Bonchev–Trinajstić information content (AvgIpc) is 3.43. The quantitative estimate of drug-likeness (QED) is 0.0252. The first-order valence-electron chi connectivity index (χ1n) is 17.8. The predicted octanol–water partition coefficient (Wildman–Crippen LogP) is 7.40. The van der Waals surface area contributed by atoms with E-state index in [2.05, 4.69) is 84.9 Å². The monoisotopic (exact) mass is 670 g/mol. The molecule has 0 spiro atoms. The molecule has 0 saturated heterocycles. The molecular weight excluding hydrogens is 616 g/mol. The number of aliphatic hydroxyl groups excluding tert-OH is 4. The van der Waals surface area contributed by atoms with E-state index in [-0.39, 0.29) is 5.41 Å². The van der Waals surface area contributed by atoms with Gasteiger partial charge in [0, 0.05) is 5.41 Å². The Morgan fingerprint density at radius 2 is 0.776 bits per heavy atom. The van der Waals surface area contributed by atoms with E-state index < -0.39 is 36.2 Å². The second-order valence-electron chi connectivity index (χ2n) is 13.9. The van der Waals surface area contributed by atoms with Gasteiger partial charge in [0.05, 0.1) is 0 Å². The van der Waals surface area contributed by atoms with Crippen molar-refractivity contribution in [1.82, 2.24) is 0 Å². The number of nitrogens with zero attached hydrogens (tertiary/aromatic N) is 2. The van der Waals surface area contributed by atoms with Crippen LogP contribution >= 0.6 is 0 Å². The van der Waals surface area contributed by atoms with Crippen molar-refractivity contribution in [3.8, 4) is 33.4 Å². The lowest BCUT2D eigenvalue weighted by Gasteiger charge is -2.33. The molecule has 4 aromatic carbocycles. The van der Waals surface area contributed by atoms with E-state index in [1.807, 2.05) is 12.1 Å². The highest BCUT2D eigenvalue weighted by Crippen LogP contribution is 2.55. The summed E-state index contributed by atoms with van der Waals surface area (Å²) in [7, 11) is 0. The number of fused-ring (bicyclic) bond motifs is 3. The zero-order valence-electron chi connectivity index (χ0n) is 28.6. The lowest BCUT2D eigenvalue weighted by atomic mass is 9.70. The number of unbranched alkanes of at least 4 members (excludes halogenated alkanes) is 6. The van der Waals surface area contributed by atoms with E-state index in [1.54, 1.807) is 0 Å². The van der Waals surface area contributed by atoms with Crippen LogP contribution in [0.1, 0.15) is 75.3 Å². The normalized spacial score (nSPS) is 13.8. The third kappa shape index (κ3) is 8.66. The fourth-order valence-corrected chi connectivity index (χ4v) is 7.52. The summed E-state index contributed by atoms with van der Waals surface area (Å²) in [6.07, 6.45) is 9.06. The molecule has 1 aliphatic rings. The van der Waals surface area contributed by atoms with Gasteiger partial charge in [0.1, 0.15) is 13.1 Å². The molecule has 0 aromatic heterocycles. The smallest absolute Gasteiger partial charge is 0.212 e. The Morgan fingerprint density at radius 1 is 0.408 bits per heavy atom. The van der Waals surface area contributed by atoms with Crippen LogP contribution in [0.5, 0.6) is 0 Å². The van der Waals surface area contributed by atoms with Crippen LogP contribution in [0, 0.1) is 0 Å². The molecular formula is C41H54N2O6+2. The Balaban J connectivity index is 1.46. The average molecular weight is 671 g/mol. The molecule has 262 valence electrons. The Hall–Kier alpha value is -3.44. The first-order chi connectivity index (χ1) is 23.8. The Labute approximate surface area is 290 Å². The molecule has 0 unspecified atom stereocenters. The Kier molecular flexibility index (Phi) is 12.8. The van der Waals surface area contributed by atoms with Crippen molar-refractivity contribution in [1.29, 1.82) is 0 Å². The third-order valence-corrected chi connectivity index (χ3v) is 10.5. The van der Waals surface area contributed by atoms with E-state index in [0.29, 0.717) is 25.9 Å². The molecule has 0 fully saturated rings. The van der Waals surface area contributed by atoms with Crippen molar-refractivity contribution in [3.63, 3.8) is 0 Å². The lowest BCUT2D eigenvalue weighted by molar-refractivity contribution is -1.13. The van der Waals surface area contributed by atoms with Gasteiger partial charge in [0.25, 0.3) is 0 Å². The molecule has 0 heterocycles. The highest BCUT2D eigenvalue weighted by molar-refractivity contribution is 5.86. The minimum Gasteiger partial charge on any atom is -0.345 e. The molecule has 0 bridgehead atoms. The van der Waals surface area contributed by atoms with Gasteiger partial charge in [0.15, 0.2) is 0 Å². The summed E-state index contributed by atoms with van der Waals surface area (Å²) in [6, 6.07) is 35.0. The Morgan fingerprint density at radius 3 is 1.14 bits per heavy atom. The van der Waals surface area contributed by atoms with E-state index in [0.717, 1.165) is 51.4 Å². The van der Waals surface area contributed by atoms with Gasteiger partial charge in [0.2, 0.25) is 26.9 Å². The van der Waals surface area contributed by atoms with E-state index >= 15 is 0 Å². The third-order valence-electron chi connectivity index (χ3n) is 10.5. The second kappa shape index (κ2) is 17.0. The van der Waals surface area contributed by atoms with E-state index in [1.165, 1.54) is 44.5 Å². The van der Waals surface area contributed by atoms with Crippen molar-refractivity contribution in [2.45, 2.75) is 69.6 Å². The minimum atomic E-state index is -0.734. The Bertz CT molecular complexity index is 1480. The second-order valence-corrected chi connectivity index (χ2v) is 13.9. The standard InChI is InChI=1S/C41H54N2O6/c44-29-42(48,30-45)25-13-3-1-11-23-41(24-12-2-4-14-26-43(49,31-46)32-47)39-27-35(33-15-7-5-8-16-33)19-21-37(39)38-22-20-36(28-40(38)41)34-17-9-6-10-18-34/h5-10,15-22,27-28,44-49H,1-4,11-14,23-26,29-32H2/q+2. The molecule has 0 aliphatic heterocycles. The van der Waals surface area contributed by atoms with E-state index in [9.17, 15) is 30.8 Å². The van der Waals surface area contributed by atoms with Gasteiger partial charge in [-0.2, -0.15) is 0 Å². The first-order valence-corrected chi connectivity index (χ1v) is 17.8. The van der Waals surface area contributed by atoms with Gasteiger partial charge in [-0.3, -0.25) is 0 Å². The van der Waals surface area contributed by atoms with Gasteiger partial charge in [-0.1, -0.05) is 111 Å². The van der Waals surface area contributed by atoms with Crippen LogP contribution in [-0.4, -0.2) is 80.1 Å². The number of benzene rings is 4. The van der Waals surface area contributed by atoms with E-state index in [4.69, 9.17) is 0 Å². The van der Waals surface area contributed by atoms with Crippen LogP contribution in [0.3, 0.4) is 0 Å². The van der Waals surface area contributed by atoms with Crippen LogP contribution in [0.4, 0.5) is 0 Å². The van der Waals surface area contributed by atoms with Crippen LogP contribution in [0.25, 0.3) is 33.4 Å². The number of hydrogen-bond donors (Lipinski definition) is 6. The zero-order valence-corrected chi connectivity index (χ0v) is 28.6. The molecule has 0 saturated carbocycles. The van der Waals surface area contributed by atoms with Gasteiger partial charge in [-0.25, -0.2) is 10.4 Å². The van der Waals surface area contributed by atoms with Gasteiger partial charge < -0.3 is 20.4 Å². The fourth-order valence-electron chi connectivity index (χ4n) is 7.52. The summed E-state index contributed by atoms with van der Waals surface area (Å²) in [6.45, 7) is -1.38. The molecule has 6 N–H and O–H groups in total. The first kappa shape index (κ1) is 36.8. The molecule has 0 atom stereocenters. The number of quaternary nitrogens is 2. The summed E-state index contributed by atoms with van der Waals surface area (Å²) in [5.41, 5.74) is 9.89. The summed E-state index contributed by atoms with van der Waals surface area (Å²) < 4.78 is -1.47. The fraction of sp³-hybridized carbons (Fsp3) is 0.415. The van der Waals surface area contributed by atoms with Crippen molar-refractivity contribution in [2.24, 2.45) is 0 Å². The number of hydroxylamine groups is 6. The summed E-state index contributed by atoms with van der Waals surface area (Å²) in [5.74, 6) is 0. The summed E-state index contributed by atoms with van der Waals surface area (Å²) in [5, 5.41) is 58.5. The van der Waals surface area contributed by atoms with Crippen molar-refractivity contribution in [2.75, 3.05) is 40.0 Å². The maximum Gasteiger partial charge on any atom is 0.212 e. The van der Waals surface area contributed by atoms with Crippen molar-refractivity contribution in [3.05, 3.63) is 108 Å². The number of rotatable bonds is 20. The molecule has 0 radical (unpaired) electrons. The highest BCUT2D eigenvalue weighted by atomic mass is 16.6. The number of hydrogen-bond acceptors (Lipinski definition) is 6. The van der Waals surface area contributed by atoms with Gasteiger partial charge in [-0.05, 0) is 95.2 Å². The molecule has 8 heteroatoms. The number of aliphatic hydroxyl groups is 4. The largest absolute Gasteiger partial charge is 0.345 e. The molecule has 0 amide bonds. The van der Waals surface area contributed by atoms with Crippen molar-refractivity contribution >= 4 is 0 Å². The molecule has 49 heavy (non-hydrogen) atoms. The highest BCUT2D eigenvalue weighted by Gasteiger charge is 2.42.